The van der Waals surface area contributed by atoms with Crippen LogP contribution in [0, 0.1) is 0 Å². The van der Waals surface area contributed by atoms with Gasteiger partial charge in [0, 0.05) is 17.3 Å². The van der Waals surface area contributed by atoms with Crippen molar-refractivity contribution in [2.24, 2.45) is 0 Å². The van der Waals surface area contributed by atoms with E-state index < -0.39 is 0 Å². The standard InChI is InChI=1S/C11H19N3O/c1-2-12-10-4-3-5-11-9(10)8-13-14(11)6-7-15/h8,10,12,15H,2-7H2,1H3. The van der Waals surface area contributed by atoms with Gasteiger partial charge in [-0.25, -0.2) is 0 Å². The number of aromatic nitrogens is 2. The zero-order valence-corrected chi connectivity index (χ0v) is 9.24. The van der Waals surface area contributed by atoms with Gasteiger partial charge in [0.2, 0.25) is 0 Å². The largest absolute Gasteiger partial charge is 0.394 e. The fourth-order valence-corrected chi connectivity index (χ4v) is 2.36. The second-order valence-corrected chi connectivity index (χ2v) is 4.00. The summed E-state index contributed by atoms with van der Waals surface area (Å²) in [6.07, 6.45) is 5.46. The van der Waals surface area contributed by atoms with Gasteiger partial charge in [0.15, 0.2) is 0 Å². The molecule has 4 nitrogen and oxygen atoms in total. The van der Waals surface area contributed by atoms with Gasteiger partial charge >= 0.3 is 0 Å². The zero-order chi connectivity index (χ0) is 10.7. The average Bonchev–Trinajstić information content (AvgIpc) is 2.64. The lowest BCUT2D eigenvalue weighted by Gasteiger charge is -2.23. The van der Waals surface area contributed by atoms with Crippen LogP contribution in [0.25, 0.3) is 0 Å². The number of fused-ring (bicyclic) bond motifs is 1. The van der Waals surface area contributed by atoms with Crippen LogP contribution in [-0.4, -0.2) is 28.0 Å². The predicted octanol–water partition coefficient (Wildman–Crippen LogP) is 0.862. The number of aliphatic hydroxyl groups is 1. The highest BCUT2D eigenvalue weighted by Gasteiger charge is 2.22. The van der Waals surface area contributed by atoms with Crippen LogP contribution in [0.5, 0.6) is 0 Å². The summed E-state index contributed by atoms with van der Waals surface area (Å²) in [5, 5.41) is 16.7. The Morgan fingerprint density at radius 1 is 1.67 bits per heavy atom. The maximum absolute atomic E-state index is 8.93. The molecular weight excluding hydrogens is 190 g/mol. The molecule has 2 N–H and O–H groups in total. The third-order valence-electron chi connectivity index (χ3n) is 3.03. The smallest absolute Gasteiger partial charge is 0.0644 e. The quantitative estimate of drug-likeness (QED) is 0.773. The molecule has 2 rings (SSSR count). The molecule has 1 aromatic heterocycles. The molecule has 0 radical (unpaired) electrons. The number of aliphatic hydroxyl groups excluding tert-OH is 1. The van der Waals surface area contributed by atoms with E-state index in [-0.39, 0.29) is 6.61 Å². The molecular formula is C11H19N3O. The van der Waals surface area contributed by atoms with Crippen molar-refractivity contribution in [3.05, 3.63) is 17.5 Å². The maximum Gasteiger partial charge on any atom is 0.0644 e. The molecule has 0 aliphatic heterocycles. The Morgan fingerprint density at radius 2 is 2.53 bits per heavy atom. The lowest BCUT2D eigenvalue weighted by atomic mass is 9.93. The first-order valence-electron chi connectivity index (χ1n) is 5.75. The number of hydrogen-bond donors (Lipinski definition) is 2. The summed E-state index contributed by atoms with van der Waals surface area (Å²) in [7, 11) is 0. The first-order chi connectivity index (χ1) is 7.36. The Hall–Kier alpha value is -0.870. The number of hydrogen-bond acceptors (Lipinski definition) is 3. The van der Waals surface area contributed by atoms with Crippen LogP contribution < -0.4 is 5.32 Å². The highest BCUT2D eigenvalue weighted by Crippen LogP contribution is 2.29. The van der Waals surface area contributed by atoms with Crippen molar-refractivity contribution in [3.63, 3.8) is 0 Å². The van der Waals surface area contributed by atoms with Crippen LogP contribution in [0.2, 0.25) is 0 Å². The number of nitrogens with zero attached hydrogens (tertiary/aromatic N) is 2. The van der Waals surface area contributed by atoms with E-state index in [1.54, 1.807) is 0 Å². The fourth-order valence-electron chi connectivity index (χ4n) is 2.36. The molecule has 0 fully saturated rings. The lowest BCUT2D eigenvalue weighted by Crippen LogP contribution is -2.25. The second kappa shape index (κ2) is 4.77. The Balaban J connectivity index is 2.21. The van der Waals surface area contributed by atoms with Crippen LogP contribution >= 0.6 is 0 Å². The summed E-state index contributed by atoms with van der Waals surface area (Å²) >= 11 is 0. The molecule has 1 heterocycles. The van der Waals surface area contributed by atoms with E-state index >= 15 is 0 Å². The molecule has 1 aromatic rings. The molecule has 1 aliphatic rings. The number of nitrogens with one attached hydrogen (secondary N) is 1. The van der Waals surface area contributed by atoms with E-state index in [9.17, 15) is 0 Å². The molecule has 0 spiro atoms. The van der Waals surface area contributed by atoms with Crippen molar-refractivity contribution in [1.29, 1.82) is 0 Å². The van der Waals surface area contributed by atoms with E-state index in [0.717, 1.165) is 13.0 Å². The summed E-state index contributed by atoms with van der Waals surface area (Å²) in [5.41, 5.74) is 2.64. The van der Waals surface area contributed by atoms with E-state index in [4.69, 9.17) is 5.11 Å². The van der Waals surface area contributed by atoms with E-state index in [2.05, 4.69) is 17.3 Å². The molecule has 4 heteroatoms. The van der Waals surface area contributed by atoms with E-state index in [1.807, 2.05) is 10.9 Å². The Bertz CT molecular complexity index is 322. The minimum absolute atomic E-state index is 0.167. The van der Waals surface area contributed by atoms with Crippen LogP contribution in [0.15, 0.2) is 6.20 Å². The van der Waals surface area contributed by atoms with Gasteiger partial charge in [-0.1, -0.05) is 6.92 Å². The van der Waals surface area contributed by atoms with Crippen molar-refractivity contribution in [3.8, 4) is 0 Å². The number of rotatable bonds is 4. The summed E-state index contributed by atoms with van der Waals surface area (Å²) in [4.78, 5) is 0. The van der Waals surface area contributed by atoms with Crippen molar-refractivity contribution in [1.82, 2.24) is 15.1 Å². The molecule has 0 bridgehead atoms. The maximum atomic E-state index is 8.93. The van der Waals surface area contributed by atoms with Crippen LogP contribution in [0.1, 0.15) is 37.1 Å². The minimum Gasteiger partial charge on any atom is -0.394 e. The van der Waals surface area contributed by atoms with Crippen molar-refractivity contribution in [2.45, 2.75) is 38.8 Å². The molecule has 0 amide bonds. The van der Waals surface area contributed by atoms with Gasteiger partial charge in [-0.3, -0.25) is 4.68 Å². The third kappa shape index (κ3) is 2.06. The Kier molecular flexibility index (Phi) is 3.38. The van der Waals surface area contributed by atoms with Crippen LogP contribution in [0.3, 0.4) is 0 Å². The SMILES string of the molecule is CCNC1CCCc2c1cnn2CCO. The first-order valence-corrected chi connectivity index (χ1v) is 5.75. The van der Waals surface area contributed by atoms with Crippen LogP contribution in [0.4, 0.5) is 0 Å². The average molecular weight is 209 g/mol. The summed E-state index contributed by atoms with van der Waals surface area (Å²) in [5.74, 6) is 0. The summed E-state index contributed by atoms with van der Waals surface area (Å²) < 4.78 is 1.94. The Morgan fingerprint density at radius 3 is 3.27 bits per heavy atom. The monoisotopic (exact) mass is 209 g/mol. The second-order valence-electron chi connectivity index (χ2n) is 4.00. The molecule has 84 valence electrons. The predicted molar refractivity (Wildman–Crippen MR) is 58.7 cm³/mol. The van der Waals surface area contributed by atoms with Crippen molar-refractivity contribution in [2.75, 3.05) is 13.2 Å². The highest BCUT2D eigenvalue weighted by atomic mass is 16.3. The van der Waals surface area contributed by atoms with Gasteiger partial charge in [-0.15, -0.1) is 0 Å². The molecule has 0 saturated carbocycles. The normalized spacial score (nSPS) is 20.3. The van der Waals surface area contributed by atoms with E-state index in [1.165, 1.54) is 24.1 Å². The Labute approximate surface area is 90.3 Å². The molecule has 15 heavy (non-hydrogen) atoms. The zero-order valence-electron chi connectivity index (χ0n) is 9.24. The molecule has 0 aromatic carbocycles. The van der Waals surface area contributed by atoms with Gasteiger partial charge in [0.1, 0.15) is 0 Å². The summed E-state index contributed by atoms with van der Waals surface area (Å²) in [6, 6.07) is 0.464. The van der Waals surface area contributed by atoms with Gasteiger partial charge in [0.25, 0.3) is 0 Å². The van der Waals surface area contributed by atoms with Crippen molar-refractivity contribution >= 4 is 0 Å². The summed E-state index contributed by atoms with van der Waals surface area (Å²) in [6.45, 7) is 3.91. The van der Waals surface area contributed by atoms with Crippen LogP contribution in [-0.2, 0) is 13.0 Å². The van der Waals surface area contributed by atoms with Gasteiger partial charge in [-0.2, -0.15) is 5.10 Å². The minimum atomic E-state index is 0.167. The molecule has 0 saturated heterocycles. The molecule has 1 aliphatic carbocycles. The lowest BCUT2D eigenvalue weighted by molar-refractivity contribution is 0.266. The molecule has 1 atom stereocenters. The molecule has 1 unspecified atom stereocenters. The highest BCUT2D eigenvalue weighted by molar-refractivity contribution is 5.24. The van der Waals surface area contributed by atoms with Gasteiger partial charge in [-0.05, 0) is 25.8 Å². The topological polar surface area (TPSA) is 50.1 Å². The first kappa shape index (κ1) is 10.6. The van der Waals surface area contributed by atoms with Crippen molar-refractivity contribution < 1.29 is 5.11 Å². The fraction of sp³-hybridized carbons (Fsp3) is 0.727. The van der Waals surface area contributed by atoms with Gasteiger partial charge < -0.3 is 10.4 Å². The van der Waals surface area contributed by atoms with Gasteiger partial charge in [0.05, 0.1) is 19.3 Å². The third-order valence-corrected chi connectivity index (χ3v) is 3.03. The van der Waals surface area contributed by atoms with E-state index in [0.29, 0.717) is 12.6 Å².